The smallest absolute Gasteiger partial charge is 0.328 e. The summed E-state index contributed by atoms with van der Waals surface area (Å²) in [5.74, 6) is -1.77. The van der Waals surface area contributed by atoms with Gasteiger partial charge in [-0.3, -0.25) is 0 Å². The van der Waals surface area contributed by atoms with E-state index in [1.165, 1.54) is 0 Å². The first-order chi connectivity index (χ1) is 6.80. The molecule has 0 radical (unpaired) electrons. The molecule has 0 aliphatic heterocycles. The Morgan fingerprint density at radius 1 is 1.40 bits per heavy atom. The monoisotopic (exact) mass is 241 g/mol. The normalized spacial score (nSPS) is 32.7. The minimum atomic E-state index is -4.14. The van der Waals surface area contributed by atoms with Crippen LogP contribution in [0, 0.1) is 11.8 Å². The summed E-state index contributed by atoms with van der Waals surface area (Å²) in [4.78, 5) is 0. The molecule has 1 aliphatic carbocycles. The van der Waals surface area contributed by atoms with E-state index in [1.807, 2.05) is 0 Å². The highest BCUT2D eigenvalue weighted by atomic mass is 35.5. The van der Waals surface area contributed by atoms with E-state index in [4.69, 9.17) is 17.3 Å². The Balaban J connectivity index is 2.70. The Bertz CT molecular complexity index is 239. The van der Waals surface area contributed by atoms with Gasteiger partial charge in [-0.25, -0.2) is 0 Å². The van der Waals surface area contributed by atoms with Gasteiger partial charge in [-0.15, -0.1) is 0 Å². The topological polar surface area (TPSA) is 26.0 Å². The maximum absolute atomic E-state index is 12.7. The molecule has 0 bridgehead atoms. The number of nitrogens with two attached hydrogens (primary N) is 1. The summed E-state index contributed by atoms with van der Waals surface area (Å²) in [6.07, 6.45) is -3.00. The standard InChI is InChI=1S/C10H15ClF3N/c1-6(11)4-7-5-8(15)2-3-9(7)10(12,13)14/h7-9H,1-5,15H2. The minimum absolute atomic E-state index is 0.111. The number of hydrogen-bond donors (Lipinski definition) is 1. The van der Waals surface area contributed by atoms with Crippen molar-refractivity contribution in [2.75, 3.05) is 0 Å². The lowest BCUT2D eigenvalue weighted by atomic mass is 9.75. The second-order valence-electron chi connectivity index (χ2n) is 4.20. The molecule has 1 fully saturated rings. The molecule has 0 aromatic heterocycles. The van der Waals surface area contributed by atoms with Crippen LogP contribution in [0.2, 0.25) is 0 Å². The van der Waals surface area contributed by atoms with Crippen molar-refractivity contribution >= 4 is 11.6 Å². The van der Waals surface area contributed by atoms with Gasteiger partial charge in [-0.05, 0) is 31.6 Å². The summed E-state index contributed by atoms with van der Waals surface area (Å²) in [5.41, 5.74) is 5.67. The molecular formula is C10H15ClF3N. The van der Waals surface area contributed by atoms with Gasteiger partial charge in [0.2, 0.25) is 0 Å². The SMILES string of the molecule is C=C(Cl)CC1CC(N)CCC1C(F)(F)F. The summed E-state index contributed by atoms with van der Waals surface area (Å²) in [7, 11) is 0. The molecule has 1 rings (SSSR count). The number of alkyl halides is 3. The molecule has 1 saturated carbocycles. The van der Waals surface area contributed by atoms with Gasteiger partial charge in [-0.2, -0.15) is 13.2 Å². The zero-order chi connectivity index (χ0) is 11.6. The maximum Gasteiger partial charge on any atom is 0.392 e. The van der Waals surface area contributed by atoms with Crippen LogP contribution in [0.5, 0.6) is 0 Å². The van der Waals surface area contributed by atoms with Crippen LogP contribution in [0.15, 0.2) is 11.6 Å². The summed E-state index contributed by atoms with van der Waals surface area (Å²) >= 11 is 5.57. The fourth-order valence-corrected chi connectivity index (χ4v) is 2.44. The largest absolute Gasteiger partial charge is 0.392 e. The highest BCUT2D eigenvalue weighted by molar-refractivity contribution is 6.29. The predicted octanol–water partition coefficient (Wildman–Crippen LogP) is 3.43. The van der Waals surface area contributed by atoms with Crippen molar-refractivity contribution in [3.63, 3.8) is 0 Å². The first-order valence-corrected chi connectivity index (χ1v) is 5.34. The van der Waals surface area contributed by atoms with Gasteiger partial charge < -0.3 is 5.73 Å². The fourth-order valence-electron chi connectivity index (χ4n) is 2.24. The average Bonchev–Trinajstić information content (AvgIpc) is 1.99. The molecule has 3 unspecified atom stereocenters. The van der Waals surface area contributed by atoms with E-state index in [9.17, 15) is 13.2 Å². The lowest BCUT2D eigenvalue weighted by Gasteiger charge is -2.35. The Morgan fingerprint density at radius 3 is 2.47 bits per heavy atom. The average molecular weight is 242 g/mol. The van der Waals surface area contributed by atoms with Crippen LogP contribution < -0.4 is 5.73 Å². The summed E-state index contributed by atoms with van der Waals surface area (Å²) in [6.45, 7) is 3.45. The minimum Gasteiger partial charge on any atom is -0.328 e. The van der Waals surface area contributed by atoms with Crippen molar-refractivity contribution in [3.8, 4) is 0 Å². The third kappa shape index (κ3) is 3.68. The molecule has 0 heterocycles. The fraction of sp³-hybridized carbons (Fsp3) is 0.800. The van der Waals surface area contributed by atoms with E-state index in [0.29, 0.717) is 12.8 Å². The van der Waals surface area contributed by atoms with Crippen molar-refractivity contribution in [1.82, 2.24) is 0 Å². The molecule has 0 amide bonds. The Hall–Kier alpha value is -0.220. The molecule has 15 heavy (non-hydrogen) atoms. The second kappa shape index (κ2) is 4.74. The highest BCUT2D eigenvalue weighted by Crippen LogP contribution is 2.43. The first-order valence-electron chi connectivity index (χ1n) is 4.96. The van der Waals surface area contributed by atoms with Crippen molar-refractivity contribution in [1.29, 1.82) is 0 Å². The molecule has 0 spiro atoms. The van der Waals surface area contributed by atoms with Gasteiger partial charge in [0.1, 0.15) is 0 Å². The van der Waals surface area contributed by atoms with Crippen LogP contribution in [-0.4, -0.2) is 12.2 Å². The molecule has 0 aromatic carbocycles. The maximum atomic E-state index is 12.7. The van der Waals surface area contributed by atoms with Crippen molar-refractivity contribution in [2.24, 2.45) is 17.6 Å². The van der Waals surface area contributed by atoms with Crippen LogP contribution in [0.1, 0.15) is 25.7 Å². The summed E-state index contributed by atoms with van der Waals surface area (Å²) in [6, 6.07) is -0.135. The van der Waals surface area contributed by atoms with Gasteiger partial charge in [0.15, 0.2) is 0 Å². The molecule has 1 aliphatic rings. The van der Waals surface area contributed by atoms with Gasteiger partial charge in [0, 0.05) is 11.1 Å². The number of rotatable bonds is 2. The number of hydrogen-bond acceptors (Lipinski definition) is 1. The van der Waals surface area contributed by atoms with E-state index in [2.05, 4.69) is 6.58 Å². The van der Waals surface area contributed by atoms with E-state index in [-0.39, 0.29) is 23.9 Å². The third-order valence-corrected chi connectivity index (χ3v) is 3.08. The van der Waals surface area contributed by atoms with Gasteiger partial charge in [-0.1, -0.05) is 18.2 Å². The van der Waals surface area contributed by atoms with Crippen LogP contribution >= 0.6 is 11.6 Å². The van der Waals surface area contributed by atoms with Crippen LogP contribution in [0.25, 0.3) is 0 Å². The summed E-state index contributed by atoms with van der Waals surface area (Å²) < 4.78 is 38.0. The number of halogens is 4. The van der Waals surface area contributed by atoms with Crippen molar-refractivity contribution in [2.45, 2.75) is 37.9 Å². The quantitative estimate of drug-likeness (QED) is 0.788. The molecule has 2 N–H and O–H groups in total. The second-order valence-corrected chi connectivity index (χ2v) is 4.74. The lowest BCUT2D eigenvalue weighted by molar-refractivity contribution is -0.196. The van der Waals surface area contributed by atoms with Crippen LogP contribution in [0.3, 0.4) is 0 Å². The molecule has 3 atom stereocenters. The van der Waals surface area contributed by atoms with Gasteiger partial charge >= 0.3 is 6.18 Å². The Morgan fingerprint density at radius 2 is 2.00 bits per heavy atom. The Labute approximate surface area is 92.5 Å². The first kappa shape index (κ1) is 12.8. The molecular weight excluding hydrogens is 227 g/mol. The van der Waals surface area contributed by atoms with E-state index in [1.54, 1.807) is 0 Å². The van der Waals surface area contributed by atoms with E-state index < -0.39 is 18.0 Å². The lowest BCUT2D eigenvalue weighted by Crippen LogP contribution is -2.40. The molecule has 1 nitrogen and oxygen atoms in total. The molecule has 0 aromatic rings. The van der Waals surface area contributed by atoms with Gasteiger partial charge in [0.05, 0.1) is 5.92 Å². The van der Waals surface area contributed by atoms with Gasteiger partial charge in [0.25, 0.3) is 0 Å². The summed E-state index contributed by atoms with van der Waals surface area (Å²) in [5, 5.41) is 0.281. The highest BCUT2D eigenvalue weighted by Gasteiger charge is 2.46. The van der Waals surface area contributed by atoms with Crippen LogP contribution in [-0.2, 0) is 0 Å². The Kier molecular flexibility index (Phi) is 4.06. The zero-order valence-corrected chi connectivity index (χ0v) is 9.11. The molecule has 5 heteroatoms. The predicted molar refractivity (Wildman–Crippen MR) is 54.5 cm³/mol. The molecule has 88 valence electrons. The van der Waals surface area contributed by atoms with E-state index >= 15 is 0 Å². The number of allylic oxidation sites excluding steroid dienone is 1. The van der Waals surface area contributed by atoms with Crippen molar-refractivity contribution < 1.29 is 13.2 Å². The zero-order valence-electron chi connectivity index (χ0n) is 8.36. The van der Waals surface area contributed by atoms with E-state index in [0.717, 1.165) is 0 Å². The third-order valence-electron chi connectivity index (χ3n) is 2.93. The molecule has 0 saturated heterocycles. The van der Waals surface area contributed by atoms with Crippen molar-refractivity contribution in [3.05, 3.63) is 11.6 Å². The van der Waals surface area contributed by atoms with Crippen LogP contribution in [0.4, 0.5) is 13.2 Å².